The largest absolute Gasteiger partial charge is 0.497 e. The van der Waals surface area contributed by atoms with Gasteiger partial charge in [0, 0.05) is 12.0 Å². The summed E-state index contributed by atoms with van der Waals surface area (Å²) in [5.41, 5.74) is 0.471. The average molecular weight is 280 g/mol. The molecule has 0 atom stereocenters. The van der Waals surface area contributed by atoms with Crippen molar-refractivity contribution < 1.29 is 22.7 Å². The third kappa shape index (κ3) is 2.99. The summed E-state index contributed by atoms with van der Waals surface area (Å²) in [7, 11) is 1.52. The van der Waals surface area contributed by atoms with Gasteiger partial charge < -0.3 is 4.74 Å². The van der Waals surface area contributed by atoms with Gasteiger partial charge in [-0.2, -0.15) is 0 Å². The van der Waals surface area contributed by atoms with Crippen molar-refractivity contribution in [3.63, 3.8) is 0 Å². The molecule has 0 radical (unpaired) electrons. The number of methoxy groups -OCH3 is 1. The molecule has 20 heavy (non-hydrogen) atoms. The zero-order valence-corrected chi connectivity index (χ0v) is 10.6. The lowest BCUT2D eigenvalue weighted by Crippen LogP contribution is -2.06. The van der Waals surface area contributed by atoms with Crippen molar-refractivity contribution in [3.05, 3.63) is 65.0 Å². The van der Waals surface area contributed by atoms with Crippen LogP contribution in [0.1, 0.15) is 15.9 Å². The molecule has 0 heterocycles. The highest BCUT2D eigenvalue weighted by molar-refractivity contribution is 5.97. The first-order valence-electron chi connectivity index (χ1n) is 5.82. The second-order valence-corrected chi connectivity index (χ2v) is 4.20. The number of rotatable bonds is 4. The number of ketones is 1. The normalized spacial score (nSPS) is 10.4. The fourth-order valence-electron chi connectivity index (χ4n) is 1.75. The molecule has 0 unspecified atom stereocenters. The fourth-order valence-corrected chi connectivity index (χ4v) is 1.75. The third-order valence-electron chi connectivity index (χ3n) is 2.83. The maximum absolute atomic E-state index is 13.1. The van der Waals surface area contributed by atoms with Gasteiger partial charge in [0.2, 0.25) is 0 Å². The van der Waals surface area contributed by atoms with Crippen molar-refractivity contribution in [2.75, 3.05) is 7.11 Å². The number of benzene rings is 2. The van der Waals surface area contributed by atoms with Crippen molar-refractivity contribution in [2.45, 2.75) is 6.42 Å². The standard InChI is InChI=1S/C15H11F3O2/c1-20-11-4-2-9(3-5-11)6-14(19)10-7-12(16)15(18)13(17)8-10/h2-5,7-8H,6H2,1H3. The third-order valence-corrected chi connectivity index (χ3v) is 2.83. The van der Waals surface area contributed by atoms with Crippen molar-refractivity contribution in [3.8, 4) is 5.75 Å². The van der Waals surface area contributed by atoms with Gasteiger partial charge in [-0.1, -0.05) is 12.1 Å². The van der Waals surface area contributed by atoms with E-state index in [1.807, 2.05) is 0 Å². The lowest BCUT2D eigenvalue weighted by molar-refractivity contribution is 0.0992. The van der Waals surface area contributed by atoms with E-state index in [4.69, 9.17) is 4.74 Å². The summed E-state index contributed by atoms with van der Waals surface area (Å²) in [4.78, 5) is 11.9. The fraction of sp³-hybridized carbons (Fsp3) is 0.133. The Morgan fingerprint density at radius 1 is 1.05 bits per heavy atom. The molecule has 0 amide bonds. The predicted molar refractivity (Wildman–Crippen MR) is 67.3 cm³/mol. The van der Waals surface area contributed by atoms with E-state index in [0.29, 0.717) is 23.4 Å². The molecule has 0 aliphatic rings. The van der Waals surface area contributed by atoms with E-state index in [1.54, 1.807) is 24.3 Å². The Morgan fingerprint density at radius 2 is 1.60 bits per heavy atom. The first-order chi connectivity index (χ1) is 9.51. The highest BCUT2D eigenvalue weighted by Gasteiger charge is 2.15. The predicted octanol–water partition coefficient (Wildman–Crippen LogP) is 3.54. The van der Waals surface area contributed by atoms with Gasteiger partial charge in [0.05, 0.1) is 7.11 Å². The molecule has 104 valence electrons. The van der Waals surface area contributed by atoms with Crippen LogP contribution in [-0.4, -0.2) is 12.9 Å². The minimum absolute atomic E-state index is 0.0332. The number of hydrogen-bond donors (Lipinski definition) is 0. The number of carbonyl (C=O) groups excluding carboxylic acids is 1. The van der Waals surface area contributed by atoms with Crippen LogP contribution in [0, 0.1) is 17.5 Å². The van der Waals surface area contributed by atoms with E-state index >= 15 is 0 Å². The van der Waals surface area contributed by atoms with Crippen LogP contribution in [0.4, 0.5) is 13.2 Å². The summed E-state index contributed by atoms with van der Waals surface area (Å²) in [6.07, 6.45) is -0.0332. The van der Waals surface area contributed by atoms with E-state index in [1.165, 1.54) is 7.11 Å². The lowest BCUT2D eigenvalue weighted by Gasteiger charge is -2.04. The first kappa shape index (κ1) is 14.1. The van der Waals surface area contributed by atoms with Crippen LogP contribution < -0.4 is 4.74 Å². The van der Waals surface area contributed by atoms with Gasteiger partial charge in [0.25, 0.3) is 0 Å². The molecule has 0 aliphatic heterocycles. The van der Waals surface area contributed by atoms with Gasteiger partial charge in [-0.15, -0.1) is 0 Å². The number of hydrogen-bond acceptors (Lipinski definition) is 2. The van der Waals surface area contributed by atoms with Crippen molar-refractivity contribution in [2.24, 2.45) is 0 Å². The summed E-state index contributed by atoms with van der Waals surface area (Å²) in [5.74, 6) is -4.18. The van der Waals surface area contributed by atoms with E-state index < -0.39 is 23.2 Å². The zero-order chi connectivity index (χ0) is 14.7. The molecule has 0 aliphatic carbocycles. The molecule has 5 heteroatoms. The summed E-state index contributed by atoms with van der Waals surface area (Å²) >= 11 is 0. The van der Waals surface area contributed by atoms with Crippen LogP contribution >= 0.6 is 0 Å². The van der Waals surface area contributed by atoms with E-state index in [9.17, 15) is 18.0 Å². The highest BCUT2D eigenvalue weighted by Crippen LogP contribution is 2.17. The molecule has 2 nitrogen and oxygen atoms in total. The molecule has 2 aromatic carbocycles. The van der Waals surface area contributed by atoms with Crippen LogP contribution in [0.15, 0.2) is 36.4 Å². The molecule has 0 fully saturated rings. The second-order valence-electron chi connectivity index (χ2n) is 4.20. The van der Waals surface area contributed by atoms with Gasteiger partial charge in [-0.3, -0.25) is 4.79 Å². The van der Waals surface area contributed by atoms with Crippen molar-refractivity contribution in [1.82, 2.24) is 0 Å². The van der Waals surface area contributed by atoms with Gasteiger partial charge in [0.15, 0.2) is 23.2 Å². The molecule has 0 N–H and O–H groups in total. The number of carbonyl (C=O) groups is 1. The Bertz CT molecular complexity index is 613. The molecule has 0 bridgehead atoms. The highest BCUT2D eigenvalue weighted by atomic mass is 19.2. The molecular weight excluding hydrogens is 269 g/mol. The zero-order valence-electron chi connectivity index (χ0n) is 10.6. The van der Waals surface area contributed by atoms with Gasteiger partial charge >= 0.3 is 0 Å². The summed E-state index contributed by atoms with van der Waals surface area (Å²) in [5, 5.41) is 0. The first-order valence-corrected chi connectivity index (χ1v) is 5.82. The monoisotopic (exact) mass is 280 g/mol. The van der Waals surface area contributed by atoms with Gasteiger partial charge in [-0.25, -0.2) is 13.2 Å². The van der Waals surface area contributed by atoms with Gasteiger partial charge in [-0.05, 0) is 29.8 Å². The van der Waals surface area contributed by atoms with Crippen LogP contribution in [0.25, 0.3) is 0 Å². The lowest BCUT2D eigenvalue weighted by atomic mass is 10.0. The molecular formula is C15H11F3O2. The molecule has 2 aromatic rings. The summed E-state index contributed by atoms with van der Waals surface area (Å²) < 4.78 is 43.9. The molecule has 0 spiro atoms. The average Bonchev–Trinajstić information content (AvgIpc) is 2.45. The number of ether oxygens (including phenoxy) is 1. The molecule has 2 rings (SSSR count). The van der Waals surface area contributed by atoms with Gasteiger partial charge in [0.1, 0.15) is 5.75 Å². The second kappa shape index (κ2) is 5.77. The Morgan fingerprint density at radius 3 is 2.10 bits per heavy atom. The maximum Gasteiger partial charge on any atom is 0.194 e. The van der Waals surface area contributed by atoms with E-state index in [0.717, 1.165) is 0 Å². The summed E-state index contributed by atoms with van der Waals surface area (Å²) in [6.45, 7) is 0. The molecule has 0 saturated carbocycles. The minimum Gasteiger partial charge on any atom is -0.497 e. The smallest absolute Gasteiger partial charge is 0.194 e. The Labute approximate surface area is 113 Å². The van der Waals surface area contributed by atoms with Crippen LogP contribution in [-0.2, 0) is 6.42 Å². The van der Waals surface area contributed by atoms with Crippen molar-refractivity contribution in [1.29, 1.82) is 0 Å². The number of Topliss-reactive ketones (excluding diaryl/α,β-unsaturated/α-hetero) is 1. The minimum atomic E-state index is -1.58. The quantitative estimate of drug-likeness (QED) is 0.632. The Balaban J connectivity index is 2.19. The van der Waals surface area contributed by atoms with E-state index in [2.05, 4.69) is 0 Å². The Hall–Kier alpha value is -2.30. The topological polar surface area (TPSA) is 26.3 Å². The number of halogens is 3. The molecule has 0 aromatic heterocycles. The SMILES string of the molecule is COc1ccc(CC(=O)c2cc(F)c(F)c(F)c2)cc1. The maximum atomic E-state index is 13.1. The van der Waals surface area contributed by atoms with Crippen LogP contribution in [0.5, 0.6) is 5.75 Å². The van der Waals surface area contributed by atoms with Crippen LogP contribution in [0.2, 0.25) is 0 Å². The van der Waals surface area contributed by atoms with Crippen LogP contribution in [0.3, 0.4) is 0 Å². The van der Waals surface area contributed by atoms with Crippen molar-refractivity contribution >= 4 is 5.78 Å². The summed E-state index contributed by atoms with van der Waals surface area (Å²) in [6, 6.07) is 8.09. The Kier molecular flexibility index (Phi) is 4.08. The molecule has 0 saturated heterocycles. The van der Waals surface area contributed by atoms with E-state index in [-0.39, 0.29) is 12.0 Å².